The Labute approximate surface area is 110 Å². The Morgan fingerprint density at radius 2 is 1.95 bits per heavy atom. The van der Waals surface area contributed by atoms with Gasteiger partial charge in [-0.2, -0.15) is 0 Å². The second-order valence-corrected chi connectivity index (χ2v) is 3.98. The molecule has 0 aliphatic rings. The number of nitrogens with zero attached hydrogens (tertiary/aromatic N) is 2. The van der Waals surface area contributed by atoms with Gasteiger partial charge in [0.2, 0.25) is 5.43 Å². The van der Waals surface area contributed by atoms with E-state index < -0.39 is 0 Å². The molecular formula is C13H15N3O3. The van der Waals surface area contributed by atoms with E-state index in [4.69, 9.17) is 15.2 Å². The summed E-state index contributed by atoms with van der Waals surface area (Å²) in [7, 11) is 3.13. The maximum Gasteiger partial charge on any atom is 0.224 e. The zero-order chi connectivity index (χ0) is 14.0. The molecule has 0 saturated carbocycles. The molecule has 0 spiro atoms. The molecule has 0 aliphatic carbocycles. The molecule has 19 heavy (non-hydrogen) atoms. The van der Waals surface area contributed by atoms with E-state index in [1.165, 1.54) is 6.07 Å². The van der Waals surface area contributed by atoms with Crippen molar-refractivity contribution in [3.05, 3.63) is 40.2 Å². The van der Waals surface area contributed by atoms with Crippen molar-refractivity contribution in [2.75, 3.05) is 20.0 Å². The van der Waals surface area contributed by atoms with Crippen LogP contribution in [0.1, 0.15) is 5.69 Å². The summed E-state index contributed by atoms with van der Waals surface area (Å²) in [6.45, 7) is 1.78. The molecule has 1 aromatic carbocycles. The predicted molar refractivity (Wildman–Crippen MR) is 72.1 cm³/mol. The van der Waals surface area contributed by atoms with Gasteiger partial charge < -0.3 is 15.2 Å². The lowest BCUT2D eigenvalue weighted by Crippen LogP contribution is -2.17. The van der Waals surface area contributed by atoms with Crippen molar-refractivity contribution in [2.24, 2.45) is 0 Å². The van der Waals surface area contributed by atoms with E-state index in [0.717, 1.165) is 0 Å². The molecule has 0 saturated heterocycles. The molecule has 2 rings (SSSR count). The predicted octanol–water partition coefficient (Wildman–Crippen LogP) is 1.14. The number of nitrogens with two attached hydrogens (primary N) is 1. The summed E-state index contributed by atoms with van der Waals surface area (Å²) in [5, 5.41) is 4.07. The lowest BCUT2D eigenvalue weighted by atomic mass is 10.2. The van der Waals surface area contributed by atoms with Crippen LogP contribution in [-0.4, -0.2) is 24.0 Å². The molecule has 1 aromatic heterocycles. The van der Waals surface area contributed by atoms with Crippen LogP contribution in [0, 0.1) is 6.92 Å². The van der Waals surface area contributed by atoms with Crippen LogP contribution in [0.25, 0.3) is 5.69 Å². The number of aromatic nitrogens is 2. The third-order valence-corrected chi connectivity index (χ3v) is 2.75. The standard InChI is InChI=1S/C13H15N3O3/c1-8-6-11(17)13(14)15-16(8)10-5-4-9(18-2)7-12(10)19-3/h4-7H,1-3H3,(H2,14,15). The second-order valence-electron chi connectivity index (χ2n) is 3.98. The summed E-state index contributed by atoms with van der Waals surface area (Å²) in [6.07, 6.45) is 0. The quantitative estimate of drug-likeness (QED) is 0.896. The highest BCUT2D eigenvalue weighted by Gasteiger charge is 2.11. The minimum Gasteiger partial charge on any atom is -0.497 e. The topological polar surface area (TPSA) is 79.4 Å². The summed E-state index contributed by atoms with van der Waals surface area (Å²) in [5.74, 6) is 1.20. The molecule has 6 heteroatoms. The van der Waals surface area contributed by atoms with Gasteiger partial charge in [0, 0.05) is 17.8 Å². The van der Waals surface area contributed by atoms with Crippen molar-refractivity contribution < 1.29 is 9.47 Å². The number of benzene rings is 1. The fourth-order valence-corrected chi connectivity index (χ4v) is 1.76. The fourth-order valence-electron chi connectivity index (χ4n) is 1.76. The summed E-state index contributed by atoms with van der Waals surface area (Å²) in [4.78, 5) is 11.4. The lowest BCUT2D eigenvalue weighted by Gasteiger charge is -2.14. The summed E-state index contributed by atoms with van der Waals surface area (Å²) < 4.78 is 12.0. The van der Waals surface area contributed by atoms with Crippen molar-refractivity contribution in [1.29, 1.82) is 0 Å². The Kier molecular flexibility index (Phi) is 3.41. The van der Waals surface area contributed by atoms with Crippen LogP contribution >= 0.6 is 0 Å². The fraction of sp³-hybridized carbons (Fsp3) is 0.231. The minimum atomic E-state index is -0.291. The lowest BCUT2D eigenvalue weighted by molar-refractivity contribution is 0.392. The molecule has 0 bridgehead atoms. The van der Waals surface area contributed by atoms with Gasteiger partial charge >= 0.3 is 0 Å². The van der Waals surface area contributed by atoms with Gasteiger partial charge in [0.15, 0.2) is 5.82 Å². The summed E-state index contributed by atoms with van der Waals surface area (Å²) in [6, 6.07) is 6.76. The van der Waals surface area contributed by atoms with Gasteiger partial charge in [-0.05, 0) is 19.1 Å². The van der Waals surface area contributed by atoms with Crippen LogP contribution < -0.4 is 20.6 Å². The molecule has 2 aromatic rings. The molecule has 0 amide bonds. The number of rotatable bonds is 3. The first-order valence-electron chi connectivity index (χ1n) is 5.65. The maximum absolute atomic E-state index is 11.4. The van der Waals surface area contributed by atoms with E-state index >= 15 is 0 Å². The molecule has 0 atom stereocenters. The average Bonchev–Trinajstić information content (AvgIpc) is 2.42. The zero-order valence-corrected chi connectivity index (χ0v) is 11.0. The van der Waals surface area contributed by atoms with Crippen LogP contribution in [0.4, 0.5) is 5.82 Å². The number of methoxy groups -OCH3 is 2. The Bertz CT molecular complexity index is 665. The van der Waals surface area contributed by atoms with Crippen molar-refractivity contribution in [2.45, 2.75) is 6.92 Å². The van der Waals surface area contributed by atoms with Gasteiger partial charge in [-0.15, -0.1) is 5.10 Å². The number of hydrogen-bond acceptors (Lipinski definition) is 5. The van der Waals surface area contributed by atoms with Crippen LogP contribution in [0.3, 0.4) is 0 Å². The highest BCUT2D eigenvalue weighted by Crippen LogP contribution is 2.27. The average molecular weight is 261 g/mol. The largest absolute Gasteiger partial charge is 0.497 e. The smallest absolute Gasteiger partial charge is 0.224 e. The number of aryl methyl sites for hydroxylation is 1. The number of nitrogen functional groups attached to an aromatic ring is 1. The first kappa shape index (κ1) is 12.9. The summed E-state index contributed by atoms with van der Waals surface area (Å²) >= 11 is 0. The highest BCUT2D eigenvalue weighted by atomic mass is 16.5. The maximum atomic E-state index is 11.4. The van der Waals surface area contributed by atoms with Crippen LogP contribution in [-0.2, 0) is 0 Å². The van der Waals surface area contributed by atoms with Gasteiger partial charge in [-0.1, -0.05) is 0 Å². The van der Waals surface area contributed by atoms with Gasteiger partial charge in [-0.25, -0.2) is 4.68 Å². The first-order chi connectivity index (χ1) is 9.06. The monoisotopic (exact) mass is 261 g/mol. The zero-order valence-electron chi connectivity index (χ0n) is 11.0. The Hall–Kier alpha value is -2.50. The number of anilines is 1. The van der Waals surface area contributed by atoms with Gasteiger partial charge in [0.05, 0.1) is 14.2 Å². The molecule has 0 radical (unpaired) electrons. The first-order valence-corrected chi connectivity index (χ1v) is 5.65. The van der Waals surface area contributed by atoms with E-state index in [1.807, 2.05) is 0 Å². The van der Waals surface area contributed by atoms with Crippen molar-refractivity contribution in [3.63, 3.8) is 0 Å². The normalized spacial score (nSPS) is 10.3. The van der Waals surface area contributed by atoms with Crippen molar-refractivity contribution in [1.82, 2.24) is 9.78 Å². The molecule has 0 unspecified atom stereocenters. The van der Waals surface area contributed by atoms with Crippen molar-refractivity contribution in [3.8, 4) is 17.2 Å². The Morgan fingerprint density at radius 3 is 2.58 bits per heavy atom. The van der Waals surface area contributed by atoms with E-state index in [1.54, 1.807) is 44.0 Å². The third-order valence-electron chi connectivity index (χ3n) is 2.75. The highest BCUT2D eigenvalue weighted by molar-refractivity contribution is 5.51. The van der Waals surface area contributed by atoms with Crippen LogP contribution in [0.2, 0.25) is 0 Å². The molecule has 6 nitrogen and oxygen atoms in total. The summed E-state index contributed by atoms with van der Waals surface area (Å²) in [5.41, 5.74) is 6.63. The van der Waals surface area contributed by atoms with Gasteiger partial charge in [0.25, 0.3) is 0 Å². The van der Waals surface area contributed by atoms with E-state index in [9.17, 15) is 4.79 Å². The van der Waals surface area contributed by atoms with Gasteiger partial charge in [-0.3, -0.25) is 4.79 Å². The molecule has 0 fully saturated rings. The molecule has 2 N–H and O–H groups in total. The number of ether oxygens (including phenoxy) is 2. The van der Waals surface area contributed by atoms with Crippen molar-refractivity contribution >= 4 is 5.82 Å². The second kappa shape index (κ2) is 5.01. The van der Waals surface area contributed by atoms with Crippen LogP contribution in [0.15, 0.2) is 29.1 Å². The van der Waals surface area contributed by atoms with E-state index in [-0.39, 0.29) is 11.2 Å². The Morgan fingerprint density at radius 1 is 1.21 bits per heavy atom. The molecule has 1 heterocycles. The molecular weight excluding hydrogens is 246 g/mol. The van der Waals surface area contributed by atoms with Crippen LogP contribution in [0.5, 0.6) is 11.5 Å². The van der Waals surface area contributed by atoms with E-state index in [2.05, 4.69) is 5.10 Å². The minimum absolute atomic E-state index is 0.0523. The third kappa shape index (κ3) is 2.37. The SMILES string of the molecule is COc1ccc(-n2nc(N)c(=O)cc2C)c(OC)c1. The molecule has 100 valence electrons. The van der Waals surface area contributed by atoms with Gasteiger partial charge in [0.1, 0.15) is 17.2 Å². The Balaban J connectivity index is 2.65. The number of hydrogen-bond donors (Lipinski definition) is 1. The molecule has 0 aliphatic heterocycles. The van der Waals surface area contributed by atoms with E-state index in [0.29, 0.717) is 22.9 Å².